The fraction of sp³-hybridized carbons (Fsp3) is 0.333. The molecule has 6 heterocycles. The Morgan fingerprint density at radius 3 is 2.76 bits per heavy atom. The van der Waals surface area contributed by atoms with Crippen molar-refractivity contribution in [2.75, 3.05) is 30.4 Å². The van der Waals surface area contributed by atoms with Crippen LogP contribution in [0.5, 0.6) is 5.75 Å². The Balaban J connectivity index is 1.34. The van der Waals surface area contributed by atoms with Crippen LogP contribution in [0, 0.1) is 6.92 Å². The van der Waals surface area contributed by atoms with Crippen LogP contribution in [0.4, 0.5) is 11.8 Å². The molecule has 9 nitrogen and oxygen atoms in total. The number of nitrogens with one attached hydrogen (secondary N) is 1. The molecule has 0 bridgehead atoms. The zero-order valence-electron chi connectivity index (χ0n) is 19.0. The summed E-state index contributed by atoms with van der Waals surface area (Å²) in [5, 5.41) is 3.59. The zero-order chi connectivity index (χ0) is 23.4. The molecule has 34 heavy (non-hydrogen) atoms. The van der Waals surface area contributed by atoms with Crippen molar-refractivity contribution in [1.82, 2.24) is 24.3 Å². The number of aryl methyl sites for hydroxylation is 1. The lowest BCUT2D eigenvalue weighted by molar-refractivity contribution is 0.0427. The van der Waals surface area contributed by atoms with E-state index >= 15 is 0 Å². The second kappa shape index (κ2) is 7.82. The Hall–Kier alpha value is -3.43. The molecule has 0 aliphatic carbocycles. The molecule has 174 valence electrons. The maximum Gasteiger partial charge on any atom is 0.211 e. The SMILES string of the molecule is CNc1nccc(-c2c(C)nc(N3CCC4(CC3)Oc3cnccc3C4N)n3ccnc23)c1Cl. The van der Waals surface area contributed by atoms with Crippen LogP contribution in [-0.4, -0.2) is 50.1 Å². The van der Waals surface area contributed by atoms with Gasteiger partial charge in [-0.2, -0.15) is 0 Å². The highest BCUT2D eigenvalue weighted by Crippen LogP contribution is 2.47. The molecule has 1 unspecified atom stereocenters. The van der Waals surface area contributed by atoms with Gasteiger partial charge in [-0.1, -0.05) is 11.6 Å². The topological polar surface area (TPSA) is 106 Å². The van der Waals surface area contributed by atoms with Gasteiger partial charge in [0.05, 0.1) is 23.0 Å². The second-order valence-corrected chi connectivity index (χ2v) is 9.19. The molecule has 6 rings (SSSR count). The van der Waals surface area contributed by atoms with Gasteiger partial charge >= 0.3 is 0 Å². The number of pyridine rings is 2. The van der Waals surface area contributed by atoms with Gasteiger partial charge in [-0.15, -0.1) is 0 Å². The van der Waals surface area contributed by atoms with Crippen LogP contribution in [0.15, 0.2) is 43.1 Å². The molecule has 2 aliphatic heterocycles. The number of ether oxygens (including phenoxy) is 1. The van der Waals surface area contributed by atoms with Gasteiger partial charge in [-0.25, -0.2) is 15.0 Å². The van der Waals surface area contributed by atoms with Gasteiger partial charge in [0, 0.05) is 74.5 Å². The zero-order valence-corrected chi connectivity index (χ0v) is 19.8. The van der Waals surface area contributed by atoms with Crippen LogP contribution in [0.25, 0.3) is 16.8 Å². The van der Waals surface area contributed by atoms with E-state index < -0.39 is 5.60 Å². The number of nitrogens with zero attached hydrogens (tertiary/aromatic N) is 6. The van der Waals surface area contributed by atoms with Crippen LogP contribution in [0.2, 0.25) is 5.02 Å². The van der Waals surface area contributed by atoms with E-state index in [1.807, 2.05) is 29.7 Å². The molecular weight excluding hydrogens is 452 g/mol. The number of hydrogen-bond acceptors (Lipinski definition) is 8. The number of piperidine rings is 1. The predicted octanol–water partition coefficient (Wildman–Crippen LogP) is 3.62. The quantitative estimate of drug-likeness (QED) is 0.461. The van der Waals surface area contributed by atoms with Crippen molar-refractivity contribution in [2.45, 2.75) is 31.4 Å². The lowest BCUT2D eigenvalue weighted by atomic mass is 9.83. The van der Waals surface area contributed by atoms with Crippen molar-refractivity contribution >= 4 is 29.0 Å². The molecule has 10 heteroatoms. The van der Waals surface area contributed by atoms with E-state index in [-0.39, 0.29) is 6.04 Å². The summed E-state index contributed by atoms with van der Waals surface area (Å²) in [5.41, 5.74) is 10.7. The summed E-state index contributed by atoms with van der Waals surface area (Å²) in [7, 11) is 1.80. The van der Waals surface area contributed by atoms with E-state index in [0.29, 0.717) is 10.8 Å². The third kappa shape index (κ3) is 3.04. The van der Waals surface area contributed by atoms with E-state index in [1.165, 1.54) is 0 Å². The summed E-state index contributed by atoms with van der Waals surface area (Å²) in [6.45, 7) is 3.54. The van der Waals surface area contributed by atoms with Crippen LogP contribution < -0.4 is 20.7 Å². The summed E-state index contributed by atoms with van der Waals surface area (Å²) in [6.07, 6.45) is 10.6. The fourth-order valence-corrected chi connectivity index (χ4v) is 5.52. The number of rotatable bonds is 3. The average molecular weight is 477 g/mol. The molecule has 1 fully saturated rings. The van der Waals surface area contributed by atoms with Crippen molar-refractivity contribution in [2.24, 2.45) is 5.73 Å². The maximum absolute atomic E-state index is 6.66. The highest BCUT2D eigenvalue weighted by molar-refractivity contribution is 6.36. The maximum atomic E-state index is 6.66. The van der Waals surface area contributed by atoms with Crippen LogP contribution in [0.1, 0.15) is 30.1 Å². The van der Waals surface area contributed by atoms with Gasteiger partial charge in [0.2, 0.25) is 5.95 Å². The third-order valence-corrected chi connectivity index (χ3v) is 7.41. The summed E-state index contributed by atoms with van der Waals surface area (Å²) < 4.78 is 8.39. The minimum atomic E-state index is -0.404. The van der Waals surface area contributed by atoms with Gasteiger partial charge < -0.3 is 20.7 Å². The van der Waals surface area contributed by atoms with Gasteiger partial charge in [0.25, 0.3) is 0 Å². The molecule has 1 spiro atoms. The highest BCUT2D eigenvalue weighted by atomic mass is 35.5. The summed E-state index contributed by atoms with van der Waals surface area (Å²) in [4.78, 5) is 20.4. The minimum Gasteiger partial charge on any atom is -0.483 e. The number of halogens is 1. The average Bonchev–Trinajstić information content (AvgIpc) is 3.44. The van der Waals surface area contributed by atoms with E-state index in [9.17, 15) is 0 Å². The first-order valence-electron chi connectivity index (χ1n) is 11.3. The Morgan fingerprint density at radius 1 is 1.18 bits per heavy atom. The summed E-state index contributed by atoms with van der Waals surface area (Å²) in [6, 6.07) is 3.70. The molecule has 4 aromatic rings. The molecule has 3 N–H and O–H groups in total. The normalized spacial score (nSPS) is 18.8. The van der Waals surface area contributed by atoms with Gasteiger partial charge in [0.15, 0.2) is 0 Å². The first-order chi connectivity index (χ1) is 16.5. The van der Waals surface area contributed by atoms with Crippen molar-refractivity contribution in [1.29, 1.82) is 0 Å². The first kappa shape index (κ1) is 21.1. The largest absolute Gasteiger partial charge is 0.483 e. The first-order valence-corrected chi connectivity index (χ1v) is 11.7. The lowest BCUT2D eigenvalue weighted by Gasteiger charge is -2.41. The predicted molar refractivity (Wildman–Crippen MR) is 131 cm³/mol. The van der Waals surface area contributed by atoms with E-state index in [2.05, 4.69) is 25.2 Å². The van der Waals surface area contributed by atoms with Crippen molar-refractivity contribution in [3.8, 4) is 16.9 Å². The summed E-state index contributed by atoms with van der Waals surface area (Å²) in [5.74, 6) is 2.28. The third-order valence-electron chi connectivity index (χ3n) is 7.03. The monoisotopic (exact) mass is 476 g/mol. The molecule has 0 radical (unpaired) electrons. The van der Waals surface area contributed by atoms with Gasteiger partial charge in [-0.3, -0.25) is 9.38 Å². The van der Waals surface area contributed by atoms with Crippen molar-refractivity contribution in [3.05, 3.63) is 59.4 Å². The highest BCUT2D eigenvalue weighted by Gasteiger charge is 2.48. The van der Waals surface area contributed by atoms with Crippen LogP contribution in [-0.2, 0) is 0 Å². The molecule has 4 aromatic heterocycles. The Kier molecular flexibility index (Phi) is 4.86. The van der Waals surface area contributed by atoms with Gasteiger partial charge in [-0.05, 0) is 19.1 Å². The number of anilines is 2. The van der Waals surface area contributed by atoms with Crippen molar-refractivity contribution in [3.63, 3.8) is 0 Å². The number of hydrogen-bond donors (Lipinski definition) is 2. The molecule has 2 aliphatic rings. The molecule has 1 atom stereocenters. The number of fused-ring (bicyclic) bond motifs is 2. The van der Waals surface area contributed by atoms with Crippen molar-refractivity contribution < 1.29 is 4.74 Å². The Morgan fingerprint density at radius 2 is 2.00 bits per heavy atom. The van der Waals surface area contributed by atoms with E-state index in [0.717, 1.165) is 65.7 Å². The van der Waals surface area contributed by atoms with E-state index in [1.54, 1.807) is 31.8 Å². The molecule has 0 aromatic carbocycles. The van der Waals surface area contributed by atoms with Crippen LogP contribution >= 0.6 is 11.6 Å². The molecule has 0 saturated carbocycles. The second-order valence-electron chi connectivity index (χ2n) is 8.81. The number of nitrogens with two attached hydrogens (primary N) is 1. The standard InChI is InChI=1S/C24H25ClN8O/c1-14-18(16-4-8-29-21(27-2)19(16)25)22-30-9-12-33(22)23(31-14)32-10-5-24(6-11-32)20(26)15-3-7-28-13-17(15)34-24/h3-4,7-9,12-13,20H,5-6,10-11,26H2,1-2H3,(H,27,29). The lowest BCUT2D eigenvalue weighted by Crippen LogP contribution is -2.52. The number of imidazole rings is 1. The minimum absolute atomic E-state index is 0.159. The fourth-order valence-electron chi connectivity index (χ4n) is 5.22. The Bertz CT molecular complexity index is 1400. The molecule has 0 amide bonds. The smallest absolute Gasteiger partial charge is 0.211 e. The molecular formula is C24H25ClN8O. The van der Waals surface area contributed by atoms with E-state index in [4.69, 9.17) is 27.1 Å². The Labute approximate surface area is 202 Å². The number of aromatic nitrogens is 5. The van der Waals surface area contributed by atoms with Crippen LogP contribution in [0.3, 0.4) is 0 Å². The van der Waals surface area contributed by atoms with Gasteiger partial charge in [0.1, 0.15) is 22.8 Å². The summed E-state index contributed by atoms with van der Waals surface area (Å²) >= 11 is 6.66. The molecule has 1 saturated heterocycles.